The number of carbonyl (C=O) groups excluding carboxylic acids is 1. The molecule has 1 aliphatic carbocycles. The van der Waals surface area contributed by atoms with E-state index in [-0.39, 0.29) is 5.91 Å². The van der Waals surface area contributed by atoms with Crippen LogP contribution in [0.3, 0.4) is 0 Å². The summed E-state index contributed by atoms with van der Waals surface area (Å²) in [5, 5.41) is 12.1. The lowest BCUT2D eigenvalue weighted by Crippen LogP contribution is -2.14. The number of carbonyl (C=O) groups is 1. The van der Waals surface area contributed by atoms with Gasteiger partial charge in [-0.2, -0.15) is 10.2 Å². The SMILES string of the molecule is Cc1ccc(-n2ncc(C(=O)Nc3ccc(-n4cncn4)nc3)c2C2CC2)cc1Cl. The van der Waals surface area contributed by atoms with Crippen molar-refractivity contribution in [1.82, 2.24) is 29.5 Å². The van der Waals surface area contributed by atoms with Crippen LogP contribution in [0, 0.1) is 6.92 Å². The first-order valence-corrected chi connectivity index (χ1v) is 9.95. The second-order valence-electron chi connectivity index (χ2n) is 7.26. The molecule has 9 heteroatoms. The Balaban J connectivity index is 1.42. The minimum Gasteiger partial charge on any atom is -0.320 e. The summed E-state index contributed by atoms with van der Waals surface area (Å²) in [4.78, 5) is 21.2. The third kappa shape index (κ3) is 3.46. The van der Waals surface area contributed by atoms with Crippen molar-refractivity contribution in [3.63, 3.8) is 0 Å². The van der Waals surface area contributed by atoms with E-state index in [2.05, 4.69) is 25.5 Å². The Kier molecular flexibility index (Phi) is 4.55. The van der Waals surface area contributed by atoms with Crippen LogP contribution in [-0.4, -0.2) is 35.4 Å². The molecule has 1 aromatic carbocycles. The molecule has 4 aromatic rings. The summed E-state index contributed by atoms with van der Waals surface area (Å²) in [5.41, 5.74) is 3.93. The number of hydrogen-bond donors (Lipinski definition) is 1. The molecule has 150 valence electrons. The molecular weight excluding hydrogens is 402 g/mol. The number of benzene rings is 1. The molecule has 1 fully saturated rings. The van der Waals surface area contributed by atoms with Crippen LogP contribution in [0.25, 0.3) is 11.5 Å². The van der Waals surface area contributed by atoms with Gasteiger partial charge in [0.1, 0.15) is 12.7 Å². The van der Waals surface area contributed by atoms with Crippen LogP contribution in [0.2, 0.25) is 5.02 Å². The molecule has 0 atom stereocenters. The van der Waals surface area contributed by atoms with Crippen molar-refractivity contribution < 1.29 is 4.79 Å². The number of amides is 1. The summed E-state index contributed by atoms with van der Waals surface area (Å²) >= 11 is 6.30. The highest BCUT2D eigenvalue weighted by atomic mass is 35.5. The first-order chi connectivity index (χ1) is 14.6. The first-order valence-electron chi connectivity index (χ1n) is 9.57. The second-order valence-corrected chi connectivity index (χ2v) is 7.67. The van der Waals surface area contributed by atoms with E-state index in [0.29, 0.717) is 28.0 Å². The Bertz CT molecular complexity index is 1210. The molecule has 0 saturated heterocycles. The third-order valence-electron chi connectivity index (χ3n) is 5.07. The fourth-order valence-electron chi connectivity index (χ4n) is 3.32. The molecule has 0 bridgehead atoms. The largest absolute Gasteiger partial charge is 0.320 e. The van der Waals surface area contributed by atoms with Gasteiger partial charge in [0.05, 0.1) is 35.0 Å². The summed E-state index contributed by atoms with van der Waals surface area (Å²) in [6, 6.07) is 9.35. The monoisotopic (exact) mass is 419 g/mol. The van der Waals surface area contributed by atoms with Gasteiger partial charge in [0.2, 0.25) is 0 Å². The maximum Gasteiger partial charge on any atom is 0.259 e. The van der Waals surface area contributed by atoms with Gasteiger partial charge >= 0.3 is 0 Å². The van der Waals surface area contributed by atoms with Crippen molar-refractivity contribution in [2.24, 2.45) is 0 Å². The van der Waals surface area contributed by atoms with Crippen molar-refractivity contribution in [1.29, 1.82) is 0 Å². The van der Waals surface area contributed by atoms with E-state index >= 15 is 0 Å². The summed E-state index contributed by atoms with van der Waals surface area (Å²) < 4.78 is 3.37. The second kappa shape index (κ2) is 7.38. The van der Waals surface area contributed by atoms with Gasteiger partial charge in [-0.05, 0) is 49.6 Å². The number of nitrogens with one attached hydrogen (secondary N) is 1. The number of hydrogen-bond acceptors (Lipinski definition) is 5. The zero-order valence-corrected chi connectivity index (χ0v) is 16.9. The van der Waals surface area contributed by atoms with Crippen LogP contribution in [-0.2, 0) is 0 Å². The predicted molar refractivity (Wildman–Crippen MR) is 112 cm³/mol. The fraction of sp³-hybridized carbons (Fsp3) is 0.190. The molecule has 8 nitrogen and oxygen atoms in total. The maximum absolute atomic E-state index is 13.0. The van der Waals surface area contributed by atoms with E-state index < -0.39 is 0 Å². The molecule has 0 unspecified atom stereocenters. The fourth-order valence-corrected chi connectivity index (χ4v) is 3.50. The van der Waals surface area contributed by atoms with Crippen molar-refractivity contribution in [3.05, 3.63) is 77.2 Å². The number of aromatic nitrogens is 6. The standard InChI is InChI=1S/C21H18ClN7O/c1-13-2-6-16(8-18(13)22)29-20(14-3-4-14)17(10-25-29)21(30)27-15-5-7-19(24-9-15)28-12-23-11-26-28/h2,5-12,14H,3-4H2,1H3,(H,27,30). The van der Waals surface area contributed by atoms with E-state index in [4.69, 9.17) is 11.6 Å². The quantitative estimate of drug-likeness (QED) is 0.529. The molecule has 3 heterocycles. The van der Waals surface area contributed by atoms with Crippen LogP contribution < -0.4 is 5.32 Å². The van der Waals surface area contributed by atoms with Crippen LogP contribution >= 0.6 is 11.6 Å². The highest BCUT2D eigenvalue weighted by Crippen LogP contribution is 2.42. The molecule has 1 N–H and O–H groups in total. The number of rotatable bonds is 5. The minimum atomic E-state index is -0.211. The summed E-state index contributed by atoms with van der Waals surface area (Å²) in [7, 11) is 0. The summed E-state index contributed by atoms with van der Waals surface area (Å²) in [6.07, 6.45) is 8.30. The average molecular weight is 420 g/mol. The molecule has 0 aliphatic heterocycles. The van der Waals surface area contributed by atoms with Crippen LogP contribution in [0.1, 0.15) is 40.4 Å². The van der Waals surface area contributed by atoms with Gasteiger partial charge in [-0.3, -0.25) is 4.79 Å². The summed E-state index contributed by atoms with van der Waals surface area (Å²) in [6.45, 7) is 1.96. The number of anilines is 1. The van der Waals surface area contributed by atoms with Gasteiger partial charge in [-0.1, -0.05) is 17.7 Å². The molecule has 1 aliphatic rings. The van der Waals surface area contributed by atoms with E-state index in [9.17, 15) is 4.79 Å². The highest BCUT2D eigenvalue weighted by Gasteiger charge is 2.33. The summed E-state index contributed by atoms with van der Waals surface area (Å²) in [5.74, 6) is 0.728. The van der Waals surface area contributed by atoms with Gasteiger partial charge in [0, 0.05) is 10.9 Å². The van der Waals surface area contributed by atoms with Crippen LogP contribution in [0.4, 0.5) is 5.69 Å². The molecule has 0 radical (unpaired) electrons. The predicted octanol–water partition coefficient (Wildman–Crippen LogP) is 3.94. The lowest BCUT2D eigenvalue weighted by Gasteiger charge is -2.11. The van der Waals surface area contributed by atoms with E-state index in [0.717, 1.165) is 29.8 Å². The third-order valence-corrected chi connectivity index (χ3v) is 5.48. The van der Waals surface area contributed by atoms with Gasteiger partial charge < -0.3 is 5.32 Å². The van der Waals surface area contributed by atoms with E-state index in [1.165, 1.54) is 6.33 Å². The zero-order valence-electron chi connectivity index (χ0n) is 16.2. The van der Waals surface area contributed by atoms with Crippen molar-refractivity contribution in [2.45, 2.75) is 25.7 Å². The number of pyridine rings is 1. The van der Waals surface area contributed by atoms with Gasteiger partial charge in [0.25, 0.3) is 5.91 Å². The minimum absolute atomic E-state index is 0.211. The Hall–Kier alpha value is -3.52. The highest BCUT2D eigenvalue weighted by molar-refractivity contribution is 6.31. The van der Waals surface area contributed by atoms with E-state index in [1.807, 2.05) is 29.8 Å². The van der Waals surface area contributed by atoms with Gasteiger partial charge in [-0.15, -0.1) is 0 Å². The van der Waals surface area contributed by atoms with Crippen LogP contribution in [0.5, 0.6) is 0 Å². The lowest BCUT2D eigenvalue weighted by molar-refractivity contribution is 0.102. The smallest absolute Gasteiger partial charge is 0.259 e. The van der Waals surface area contributed by atoms with Crippen molar-refractivity contribution >= 4 is 23.2 Å². The molecule has 0 spiro atoms. The number of halogens is 1. The average Bonchev–Trinajstić information content (AvgIpc) is 3.26. The van der Waals surface area contributed by atoms with Gasteiger partial charge in [-0.25, -0.2) is 19.3 Å². The molecule has 30 heavy (non-hydrogen) atoms. The molecule has 1 amide bonds. The normalized spacial score (nSPS) is 13.4. The Morgan fingerprint density at radius 2 is 2.03 bits per heavy atom. The molecule has 3 aromatic heterocycles. The first kappa shape index (κ1) is 18.5. The topological polar surface area (TPSA) is 90.5 Å². The van der Waals surface area contributed by atoms with Crippen molar-refractivity contribution in [3.8, 4) is 11.5 Å². The Morgan fingerprint density at radius 1 is 1.17 bits per heavy atom. The molecular formula is C21H18ClN7O. The maximum atomic E-state index is 13.0. The van der Waals surface area contributed by atoms with Crippen LogP contribution in [0.15, 0.2) is 55.4 Å². The van der Waals surface area contributed by atoms with Crippen molar-refractivity contribution in [2.75, 3.05) is 5.32 Å². The Labute approximate surface area is 177 Å². The molecule has 1 saturated carbocycles. The van der Waals surface area contributed by atoms with Gasteiger partial charge in [0.15, 0.2) is 5.82 Å². The van der Waals surface area contributed by atoms with E-state index in [1.54, 1.807) is 35.5 Å². The lowest BCUT2D eigenvalue weighted by atomic mass is 10.1. The Morgan fingerprint density at radius 3 is 2.70 bits per heavy atom. The number of aryl methyl sites for hydroxylation is 1. The zero-order chi connectivity index (χ0) is 20.7. The number of nitrogens with zero attached hydrogens (tertiary/aromatic N) is 6. The molecule has 5 rings (SSSR count).